The SMILES string of the molecule is C[C@H](NCCc1nccn1C)C1CCCCC1. The standard InChI is InChI=1S/C14H25N3/c1-12(13-6-4-3-5-7-13)15-9-8-14-16-10-11-17(14)2/h10-13,15H,3-9H2,1-2H3/t12-/m0/s1. The molecule has 1 aromatic heterocycles. The normalized spacial score (nSPS) is 19.4. The van der Waals surface area contributed by atoms with Gasteiger partial charge in [0, 0.05) is 38.4 Å². The highest BCUT2D eigenvalue weighted by Crippen LogP contribution is 2.26. The smallest absolute Gasteiger partial charge is 0.109 e. The molecule has 1 saturated carbocycles. The quantitative estimate of drug-likeness (QED) is 0.850. The Morgan fingerprint density at radius 2 is 2.18 bits per heavy atom. The predicted octanol–water partition coefficient (Wildman–Crippen LogP) is 2.52. The molecule has 0 aromatic carbocycles. The van der Waals surface area contributed by atoms with E-state index in [4.69, 9.17) is 0 Å². The molecule has 1 N–H and O–H groups in total. The van der Waals surface area contributed by atoms with Crippen molar-refractivity contribution in [2.75, 3.05) is 6.54 Å². The summed E-state index contributed by atoms with van der Waals surface area (Å²) in [6.45, 7) is 3.39. The third kappa shape index (κ3) is 3.56. The van der Waals surface area contributed by atoms with E-state index >= 15 is 0 Å². The van der Waals surface area contributed by atoms with Gasteiger partial charge in [0.1, 0.15) is 5.82 Å². The summed E-state index contributed by atoms with van der Waals surface area (Å²) in [5.74, 6) is 2.07. The molecule has 1 aliphatic carbocycles. The molecule has 17 heavy (non-hydrogen) atoms. The third-order valence-corrected chi connectivity index (χ3v) is 4.09. The van der Waals surface area contributed by atoms with Gasteiger partial charge in [-0.2, -0.15) is 0 Å². The summed E-state index contributed by atoms with van der Waals surface area (Å²) in [6.07, 6.45) is 12.0. The van der Waals surface area contributed by atoms with Crippen molar-refractivity contribution in [1.29, 1.82) is 0 Å². The molecule has 1 heterocycles. The minimum Gasteiger partial charge on any atom is -0.338 e. The number of aromatic nitrogens is 2. The summed E-state index contributed by atoms with van der Waals surface area (Å²) in [5, 5.41) is 3.66. The Morgan fingerprint density at radius 1 is 1.41 bits per heavy atom. The lowest BCUT2D eigenvalue weighted by Gasteiger charge is -2.28. The van der Waals surface area contributed by atoms with Crippen molar-refractivity contribution in [3.05, 3.63) is 18.2 Å². The zero-order valence-electron chi connectivity index (χ0n) is 11.2. The van der Waals surface area contributed by atoms with Gasteiger partial charge in [0.15, 0.2) is 0 Å². The lowest BCUT2D eigenvalue weighted by molar-refractivity contribution is 0.282. The van der Waals surface area contributed by atoms with Crippen molar-refractivity contribution in [1.82, 2.24) is 14.9 Å². The van der Waals surface area contributed by atoms with Crippen molar-refractivity contribution >= 4 is 0 Å². The molecule has 0 saturated heterocycles. The van der Waals surface area contributed by atoms with E-state index in [0.717, 1.165) is 18.9 Å². The summed E-state index contributed by atoms with van der Waals surface area (Å²) in [7, 11) is 2.06. The van der Waals surface area contributed by atoms with Crippen LogP contribution in [0, 0.1) is 5.92 Å². The van der Waals surface area contributed by atoms with Gasteiger partial charge in [0.2, 0.25) is 0 Å². The zero-order valence-corrected chi connectivity index (χ0v) is 11.2. The number of aryl methyl sites for hydroxylation is 1. The van der Waals surface area contributed by atoms with Gasteiger partial charge >= 0.3 is 0 Å². The van der Waals surface area contributed by atoms with E-state index in [1.54, 1.807) is 0 Å². The molecule has 2 rings (SSSR count). The molecule has 3 heteroatoms. The average Bonchev–Trinajstić information content (AvgIpc) is 2.76. The minimum atomic E-state index is 0.663. The molecule has 96 valence electrons. The fraction of sp³-hybridized carbons (Fsp3) is 0.786. The number of rotatable bonds is 5. The van der Waals surface area contributed by atoms with Gasteiger partial charge < -0.3 is 9.88 Å². The average molecular weight is 235 g/mol. The van der Waals surface area contributed by atoms with Crippen LogP contribution >= 0.6 is 0 Å². The van der Waals surface area contributed by atoms with Crippen molar-refractivity contribution in [3.8, 4) is 0 Å². The summed E-state index contributed by atoms with van der Waals surface area (Å²) < 4.78 is 2.10. The molecule has 1 fully saturated rings. The van der Waals surface area contributed by atoms with Crippen LogP contribution in [0.15, 0.2) is 12.4 Å². The molecular formula is C14H25N3. The van der Waals surface area contributed by atoms with Crippen molar-refractivity contribution in [3.63, 3.8) is 0 Å². The maximum absolute atomic E-state index is 4.35. The van der Waals surface area contributed by atoms with E-state index < -0.39 is 0 Å². The molecule has 1 aliphatic rings. The first kappa shape index (κ1) is 12.6. The number of nitrogens with one attached hydrogen (secondary N) is 1. The van der Waals surface area contributed by atoms with Crippen LogP contribution in [0.3, 0.4) is 0 Å². The van der Waals surface area contributed by atoms with Crippen LogP contribution in [0.5, 0.6) is 0 Å². The monoisotopic (exact) mass is 235 g/mol. The van der Waals surface area contributed by atoms with Crippen LogP contribution in [-0.4, -0.2) is 22.1 Å². The zero-order chi connectivity index (χ0) is 12.1. The highest BCUT2D eigenvalue weighted by atomic mass is 15.0. The third-order valence-electron chi connectivity index (χ3n) is 4.09. The predicted molar refractivity (Wildman–Crippen MR) is 71.0 cm³/mol. The molecule has 0 bridgehead atoms. The molecule has 0 aliphatic heterocycles. The Labute approximate surface area is 105 Å². The Bertz CT molecular complexity index is 326. The number of imidazole rings is 1. The van der Waals surface area contributed by atoms with Crippen molar-refractivity contribution in [2.45, 2.75) is 51.5 Å². The molecular weight excluding hydrogens is 210 g/mol. The van der Waals surface area contributed by atoms with Gasteiger partial charge in [0.05, 0.1) is 0 Å². The minimum absolute atomic E-state index is 0.663. The topological polar surface area (TPSA) is 29.9 Å². The lowest BCUT2D eigenvalue weighted by Crippen LogP contribution is -2.36. The van der Waals surface area contributed by atoms with Crippen LogP contribution in [-0.2, 0) is 13.5 Å². The van der Waals surface area contributed by atoms with Crippen LogP contribution in [0.2, 0.25) is 0 Å². The summed E-state index contributed by atoms with van der Waals surface area (Å²) in [6, 6.07) is 0.663. The lowest BCUT2D eigenvalue weighted by atomic mass is 9.84. The maximum Gasteiger partial charge on any atom is 0.109 e. The first-order valence-electron chi connectivity index (χ1n) is 6.97. The summed E-state index contributed by atoms with van der Waals surface area (Å²) in [5.41, 5.74) is 0. The van der Waals surface area contributed by atoms with E-state index in [2.05, 4.69) is 28.8 Å². The van der Waals surface area contributed by atoms with Gasteiger partial charge in [-0.15, -0.1) is 0 Å². The summed E-state index contributed by atoms with van der Waals surface area (Å²) in [4.78, 5) is 4.35. The first-order chi connectivity index (χ1) is 8.27. The highest BCUT2D eigenvalue weighted by Gasteiger charge is 2.19. The van der Waals surface area contributed by atoms with Gasteiger partial charge in [-0.25, -0.2) is 4.98 Å². The number of hydrogen-bond acceptors (Lipinski definition) is 2. The highest BCUT2D eigenvalue weighted by molar-refractivity contribution is 4.91. The molecule has 0 radical (unpaired) electrons. The number of nitrogens with zero attached hydrogens (tertiary/aromatic N) is 2. The molecule has 0 unspecified atom stereocenters. The Hall–Kier alpha value is -0.830. The van der Waals surface area contributed by atoms with E-state index in [9.17, 15) is 0 Å². The maximum atomic E-state index is 4.35. The van der Waals surface area contributed by atoms with Gasteiger partial charge in [-0.05, 0) is 25.7 Å². The van der Waals surface area contributed by atoms with Gasteiger partial charge in [0.25, 0.3) is 0 Å². The molecule has 1 aromatic rings. The second-order valence-electron chi connectivity index (χ2n) is 5.35. The van der Waals surface area contributed by atoms with Crippen LogP contribution in [0.1, 0.15) is 44.9 Å². The molecule has 0 amide bonds. The molecule has 3 nitrogen and oxygen atoms in total. The van der Waals surface area contributed by atoms with E-state index in [1.807, 2.05) is 12.4 Å². The van der Waals surface area contributed by atoms with Crippen LogP contribution in [0.25, 0.3) is 0 Å². The molecule has 1 atom stereocenters. The largest absolute Gasteiger partial charge is 0.338 e. The number of hydrogen-bond donors (Lipinski definition) is 1. The van der Waals surface area contributed by atoms with Crippen LogP contribution < -0.4 is 5.32 Å². The second-order valence-corrected chi connectivity index (χ2v) is 5.35. The fourth-order valence-electron chi connectivity index (χ4n) is 2.85. The second kappa shape index (κ2) is 6.20. The van der Waals surface area contributed by atoms with Gasteiger partial charge in [-0.3, -0.25) is 0 Å². The molecule has 0 spiro atoms. The fourth-order valence-corrected chi connectivity index (χ4v) is 2.85. The Kier molecular flexibility index (Phi) is 4.60. The Balaban J connectivity index is 1.69. The van der Waals surface area contributed by atoms with Crippen molar-refractivity contribution in [2.24, 2.45) is 13.0 Å². The first-order valence-corrected chi connectivity index (χ1v) is 6.97. The van der Waals surface area contributed by atoms with Crippen molar-refractivity contribution < 1.29 is 0 Å². The van der Waals surface area contributed by atoms with E-state index in [0.29, 0.717) is 6.04 Å². The van der Waals surface area contributed by atoms with E-state index in [1.165, 1.54) is 37.9 Å². The van der Waals surface area contributed by atoms with E-state index in [-0.39, 0.29) is 0 Å². The van der Waals surface area contributed by atoms with Crippen LogP contribution in [0.4, 0.5) is 0 Å². The Morgan fingerprint density at radius 3 is 2.82 bits per heavy atom. The summed E-state index contributed by atoms with van der Waals surface area (Å²) >= 11 is 0. The van der Waals surface area contributed by atoms with Gasteiger partial charge in [-0.1, -0.05) is 19.3 Å².